The van der Waals surface area contributed by atoms with Crippen LogP contribution in [0.2, 0.25) is 0 Å². The summed E-state index contributed by atoms with van der Waals surface area (Å²) >= 11 is 0. The third-order valence-corrected chi connectivity index (χ3v) is 5.01. The molecule has 0 amide bonds. The molecule has 0 atom stereocenters. The lowest BCUT2D eigenvalue weighted by Gasteiger charge is -2.38. The number of nitrogens with zero attached hydrogens (tertiary/aromatic N) is 1. The van der Waals surface area contributed by atoms with Crippen molar-refractivity contribution in [3.05, 3.63) is 0 Å². The zero-order chi connectivity index (χ0) is 13.3. The Balaban J connectivity index is 2.02. The van der Waals surface area contributed by atoms with E-state index in [9.17, 15) is 0 Å². The molecule has 0 bridgehead atoms. The molecule has 0 radical (unpaired) electrons. The minimum atomic E-state index is 0.844. The van der Waals surface area contributed by atoms with Crippen LogP contribution in [0.1, 0.15) is 85.0 Å². The summed E-state index contributed by atoms with van der Waals surface area (Å²) in [6.07, 6.45) is 14.6. The number of quaternary nitrogens is 1. The third kappa shape index (κ3) is 5.30. The van der Waals surface area contributed by atoms with Gasteiger partial charge >= 0.3 is 0 Å². The molecule has 0 aromatic heterocycles. The Morgan fingerprint density at radius 1 is 0.778 bits per heavy atom. The zero-order valence-electron chi connectivity index (χ0n) is 13.2. The molecule has 1 nitrogen and oxygen atoms in total. The molecule has 1 fully saturated rings. The van der Waals surface area contributed by atoms with Crippen LogP contribution in [-0.2, 0) is 0 Å². The first-order valence-electron chi connectivity index (χ1n) is 8.57. The van der Waals surface area contributed by atoms with Crippen molar-refractivity contribution in [2.45, 2.75) is 91.0 Å². The monoisotopic (exact) mass is 254 g/mol. The number of hydrogen-bond acceptors (Lipinski definition) is 0. The summed E-state index contributed by atoms with van der Waals surface area (Å²) in [5.41, 5.74) is 0. The van der Waals surface area contributed by atoms with Crippen LogP contribution >= 0.6 is 0 Å². The molecule has 1 heteroatoms. The molecule has 1 heterocycles. The molecule has 0 N–H and O–H groups in total. The highest BCUT2D eigenvalue weighted by Crippen LogP contribution is 2.24. The van der Waals surface area contributed by atoms with Crippen LogP contribution in [0.15, 0.2) is 0 Å². The molecule has 0 aromatic carbocycles. The highest BCUT2D eigenvalue weighted by Gasteiger charge is 2.33. The number of likely N-dealkylation sites (tertiary alicyclic amines) is 1. The first-order valence-corrected chi connectivity index (χ1v) is 8.57. The van der Waals surface area contributed by atoms with Crippen molar-refractivity contribution < 1.29 is 4.48 Å². The molecule has 1 aliphatic rings. The van der Waals surface area contributed by atoms with E-state index < -0.39 is 0 Å². The van der Waals surface area contributed by atoms with Gasteiger partial charge in [0, 0.05) is 12.8 Å². The van der Waals surface area contributed by atoms with E-state index in [2.05, 4.69) is 20.8 Å². The standard InChI is InChI=1S/C17H36N/c1-4-5-6-7-8-9-10-11-14-18(17(2)3)15-12-13-16-18/h17H,4-16H2,1-3H3/q+1. The second-order valence-electron chi connectivity index (χ2n) is 6.67. The van der Waals surface area contributed by atoms with Gasteiger partial charge in [-0.1, -0.05) is 45.4 Å². The molecule has 1 saturated heterocycles. The van der Waals surface area contributed by atoms with E-state index in [1.165, 1.54) is 88.3 Å². The van der Waals surface area contributed by atoms with Crippen LogP contribution in [0, 0.1) is 0 Å². The van der Waals surface area contributed by atoms with E-state index in [1.54, 1.807) is 0 Å². The van der Waals surface area contributed by atoms with E-state index in [0.29, 0.717) is 0 Å². The van der Waals surface area contributed by atoms with Gasteiger partial charge in [-0.2, -0.15) is 0 Å². The second-order valence-corrected chi connectivity index (χ2v) is 6.67. The first-order chi connectivity index (χ1) is 8.71. The first kappa shape index (κ1) is 16.0. The number of hydrogen-bond donors (Lipinski definition) is 0. The van der Waals surface area contributed by atoms with Crippen LogP contribution in [-0.4, -0.2) is 30.2 Å². The summed E-state index contributed by atoms with van der Waals surface area (Å²) in [6.45, 7) is 11.5. The number of unbranched alkanes of at least 4 members (excludes halogenated alkanes) is 7. The van der Waals surface area contributed by atoms with Crippen molar-refractivity contribution in [2.75, 3.05) is 19.6 Å². The quantitative estimate of drug-likeness (QED) is 0.374. The average molecular weight is 254 g/mol. The molecule has 1 rings (SSSR count). The summed E-state index contributed by atoms with van der Waals surface area (Å²) < 4.78 is 1.43. The maximum atomic E-state index is 2.43. The highest BCUT2D eigenvalue weighted by molar-refractivity contribution is 4.59. The molecule has 0 saturated carbocycles. The Morgan fingerprint density at radius 3 is 1.78 bits per heavy atom. The Labute approximate surface area is 116 Å². The predicted molar refractivity (Wildman–Crippen MR) is 81.8 cm³/mol. The van der Waals surface area contributed by atoms with Crippen LogP contribution in [0.3, 0.4) is 0 Å². The summed E-state index contributed by atoms with van der Waals surface area (Å²) in [4.78, 5) is 0. The summed E-state index contributed by atoms with van der Waals surface area (Å²) in [6, 6.07) is 0.844. The van der Waals surface area contributed by atoms with Gasteiger partial charge in [0.2, 0.25) is 0 Å². The largest absolute Gasteiger partial charge is 0.322 e. The molecular formula is C17H36N+. The minimum Gasteiger partial charge on any atom is -0.322 e. The molecule has 0 aliphatic carbocycles. The fraction of sp³-hybridized carbons (Fsp3) is 1.00. The second kappa shape index (κ2) is 8.96. The van der Waals surface area contributed by atoms with Crippen molar-refractivity contribution in [1.82, 2.24) is 0 Å². The molecule has 18 heavy (non-hydrogen) atoms. The predicted octanol–water partition coefficient (Wildman–Crippen LogP) is 5.15. The van der Waals surface area contributed by atoms with Gasteiger partial charge in [-0.05, 0) is 26.7 Å². The maximum absolute atomic E-state index is 2.43. The van der Waals surface area contributed by atoms with Gasteiger partial charge in [-0.25, -0.2) is 0 Å². The van der Waals surface area contributed by atoms with Crippen LogP contribution in [0.5, 0.6) is 0 Å². The van der Waals surface area contributed by atoms with Crippen molar-refractivity contribution >= 4 is 0 Å². The van der Waals surface area contributed by atoms with Crippen molar-refractivity contribution in [3.63, 3.8) is 0 Å². The fourth-order valence-electron chi connectivity index (χ4n) is 3.52. The van der Waals surface area contributed by atoms with E-state index >= 15 is 0 Å². The SMILES string of the molecule is CCCCCCCCCC[N+]1(C(C)C)CCCC1. The minimum absolute atomic E-state index is 0.844. The average Bonchev–Trinajstić information content (AvgIpc) is 2.83. The molecule has 108 valence electrons. The summed E-state index contributed by atoms with van der Waals surface area (Å²) in [5.74, 6) is 0. The molecule has 0 unspecified atom stereocenters. The Bertz CT molecular complexity index is 192. The topological polar surface area (TPSA) is 0 Å². The third-order valence-electron chi connectivity index (χ3n) is 5.01. The van der Waals surface area contributed by atoms with Gasteiger partial charge in [0.25, 0.3) is 0 Å². The van der Waals surface area contributed by atoms with Gasteiger partial charge in [0.05, 0.1) is 25.7 Å². The molecular weight excluding hydrogens is 218 g/mol. The van der Waals surface area contributed by atoms with E-state index in [1.807, 2.05) is 0 Å². The van der Waals surface area contributed by atoms with Gasteiger partial charge in [-0.15, -0.1) is 0 Å². The Morgan fingerprint density at radius 2 is 1.28 bits per heavy atom. The highest BCUT2D eigenvalue weighted by atomic mass is 15.4. The van der Waals surface area contributed by atoms with Gasteiger partial charge < -0.3 is 4.48 Å². The van der Waals surface area contributed by atoms with Gasteiger partial charge in [-0.3, -0.25) is 0 Å². The molecule has 1 aliphatic heterocycles. The molecule has 0 spiro atoms. The summed E-state index contributed by atoms with van der Waals surface area (Å²) in [7, 11) is 0. The lowest BCUT2D eigenvalue weighted by molar-refractivity contribution is -0.937. The number of rotatable bonds is 10. The normalized spacial score (nSPS) is 18.7. The zero-order valence-corrected chi connectivity index (χ0v) is 13.2. The van der Waals surface area contributed by atoms with Crippen LogP contribution in [0.4, 0.5) is 0 Å². The van der Waals surface area contributed by atoms with E-state index in [-0.39, 0.29) is 0 Å². The Kier molecular flexibility index (Phi) is 7.97. The Hall–Kier alpha value is -0.0400. The van der Waals surface area contributed by atoms with Crippen LogP contribution < -0.4 is 0 Å². The van der Waals surface area contributed by atoms with Crippen LogP contribution in [0.25, 0.3) is 0 Å². The van der Waals surface area contributed by atoms with Gasteiger partial charge in [0.15, 0.2) is 0 Å². The fourth-order valence-corrected chi connectivity index (χ4v) is 3.52. The van der Waals surface area contributed by atoms with E-state index in [4.69, 9.17) is 0 Å². The lowest BCUT2D eigenvalue weighted by Crippen LogP contribution is -2.51. The lowest BCUT2D eigenvalue weighted by atomic mass is 10.1. The maximum Gasteiger partial charge on any atom is 0.0833 e. The van der Waals surface area contributed by atoms with E-state index in [0.717, 1.165) is 6.04 Å². The summed E-state index contributed by atoms with van der Waals surface area (Å²) in [5, 5.41) is 0. The molecule has 0 aromatic rings. The van der Waals surface area contributed by atoms with Gasteiger partial charge in [0.1, 0.15) is 0 Å². The van der Waals surface area contributed by atoms with Crippen molar-refractivity contribution in [3.8, 4) is 0 Å². The van der Waals surface area contributed by atoms with Crippen molar-refractivity contribution in [1.29, 1.82) is 0 Å². The smallest absolute Gasteiger partial charge is 0.0833 e. The van der Waals surface area contributed by atoms with Crippen molar-refractivity contribution in [2.24, 2.45) is 0 Å².